The van der Waals surface area contributed by atoms with E-state index in [1.807, 2.05) is 30.3 Å². The van der Waals surface area contributed by atoms with Gasteiger partial charge in [-0.05, 0) is 43.0 Å². The van der Waals surface area contributed by atoms with Crippen LogP contribution in [0.25, 0.3) is 11.4 Å². The van der Waals surface area contributed by atoms with Crippen molar-refractivity contribution in [1.82, 2.24) is 20.4 Å². The molecule has 1 N–H and O–H groups in total. The van der Waals surface area contributed by atoms with E-state index in [2.05, 4.69) is 47.3 Å². The highest BCUT2D eigenvalue weighted by Gasteiger charge is 2.25. The Morgan fingerprint density at radius 2 is 1.93 bits per heavy atom. The van der Waals surface area contributed by atoms with Crippen LogP contribution in [-0.2, 0) is 6.42 Å². The molecule has 6 nitrogen and oxygen atoms in total. The largest absolute Gasteiger partial charge is 0.496 e. The normalized spacial score (nSPS) is 13.5. The highest BCUT2D eigenvalue weighted by atomic mass is 16.5. The summed E-state index contributed by atoms with van der Waals surface area (Å²) >= 11 is 0. The van der Waals surface area contributed by atoms with Gasteiger partial charge in [0.05, 0.1) is 13.2 Å². The van der Waals surface area contributed by atoms with Gasteiger partial charge in [-0.25, -0.2) is 0 Å². The lowest BCUT2D eigenvalue weighted by Gasteiger charge is -2.24. The van der Waals surface area contributed by atoms with Gasteiger partial charge < -0.3 is 14.6 Å². The standard InChI is InChI=1S/C21H26N4O2/c1-14(2)19(21-24-20(25-27-21)17-9-7-11-22-13-17)23-15(3)12-16-8-5-6-10-18(16)26-4/h5-11,13-15,19,23H,12H2,1-4H3/t15-,19+/m0/s1. The Bertz CT molecular complexity index is 848. The molecule has 0 unspecified atom stereocenters. The average Bonchev–Trinajstić information content (AvgIpc) is 3.17. The molecule has 0 aliphatic heterocycles. The van der Waals surface area contributed by atoms with E-state index < -0.39 is 0 Å². The molecule has 0 bridgehead atoms. The van der Waals surface area contributed by atoms with Gasteiger partial charge in [0.25, 0.3) is 0 Å². The first-order valence-electron chi connectivity index (χ1n) is 9.20. The fourth-order valence-electron chi connectivity index (χ4n) is 3.09. The number of benzene rings is 1. The summed E-state index contributed by atoms with van der Waals surface area (Å²) in [5.74, 6) is 2.36. The molecule has 2 atom stereocenters. The molecule has 3 rings (SSSR count). The molecular weight excluding hydrogens is 340 g/mol. The minimum Gasteiger partial charge on any atom is -0.496 e. The molecule has 2 heterocycles. The zero-order chi connectivity index (χ0) is 19.2. The van der Waals surface area contributed by atoms with Crippen molar-refractivity contribution in [2.45, 2.75) is 39.3 Å². The van der Waals surface area contributed by atoms with Gasteiger partial charge in [-0.3, -0.25) is 4.98 Å². The molecule has 0 spiro atoms. The number of methoxy groups -OCH3 is 1. The summed E-state index contributed by atoms with van der Waals surface area (Å²) in [4.78, 5) is 8.70. The van der Waals surface area contributed by atoms with Crippen molar-refractivity contribution in [1.29, 1.82) is 0 Å². The van der Waals surface area contributed by atoms with Crippen molar-refractivity contribution in [2.24, 2.45) is 5.92 Å². The Morgan fingerprint density at radius 1 is 1.11 bits per heavy atom. The van der Waals surface area contributed by atoms with Gasteiger partial charge in [0.2, 0.25) is 11.7 Å². The Kier molecular flexibility index (Phi) is 6.19. The van der Waals surface area contributed by atoms with E-state index in [1.54, 1.807) is 19.5 Å². The molecule has 0 fully saturated rings. The van der Waals surface area contributed by atoms with E-state index in [4.69, 9.17) is 9.26 Å². The monoisotopic (exact) mass is 366 g/mol. The third kappa shape index (κ3) is 4.71. The summed E-state index contributed by atoms with van der Waals surface area (Å²) in [7, 11) is 1.70. The number of hydrogen-bond acceptors (Lipinski definition) is 6. The summed E-state index contributed by atoms with van der Waals surface area (Å²) in [6, 6.07) is 12.0. The minimum atomic E-state index is -0.0346. The van der Waals surface area contributed by atoms with Gasteiger partial charge >= 0.3 is 0 Å². The van der Waals surface area contributed by atoms with E-state index in [1.165, 1.54) is 5.56 Å². The van der Waals surface area contributed by atoms with Gasteiger partial charge in [-0.2, -0.15) is 4.98 Å². The van der Waals surface area contributed by atoms with Gasteiger partial charge in [0.15, 0.2) is 0 Å². The first kappa shape index (κ1) is 19.0. The number of rotatable bonds is 8. The molecule has 3 aromatic rings. The van der Waals surface area contributed by atoms with Crippen molar-refractivity contribution >= 4 is 0 Å². The van der Waals surface area contributed by atoms with Crippen molar-refractivity contribution in [3.63, 3.8) is 0 Å². The SMILES string of the molecule is COc1ccccc1C[C@H](C)N[C@@H](c1nc(-c2cccnc2)no1)C(C)C. The Hall–Kier alpha value is -2.73. The number of hydrogen-bond donors (Lipinski definition) is 1. The highest BCUT2D eigenvalue weighted by molar-refractivity contribution is 5.51. The van der Waals surface area contributed by atoms with Crippen LogP contribution in [0.2, 0.25) is 0 Å². The second-order valence-corrected chi connectivity index (χ2v) is 7.00. The number of nitrogens with one attached hydrogen (secondary N) is 1. The zero-order valence-electron chi connectivity index (χ0n) is 16.2. The maximum atomic E-state index is 5.56. The lowest BCUT2D eigenvalue weighted by Crippen LogP contribution is -2.35. The van der Waals surface area contributed by atoms with Crippen LogP contribution in [0.4, 0.5) is 0 Å². The molecule has 1 aromatic carbocycles. The summed E-state index contributed by atoms with van der Waals surface area (Å²) < 4.78 is 11.0. The van der Waals surface area contributed by atoms with Gasteiger partial charge in [0, 0.05) is 24.0 Å². The fraction of sp³-hybridized carbons (Fsp3) is 0.381. The van der Waals surface area contributed by atoms with Crippen LogP contribution in [-0.4, -0.2) is 28.3 Å². The summed E-state index contributed by atoms with van der Waals surface area (Å²) in [6.07, 6.45) is 4.30. The smallest absolute Gasteiger partial charge is 0.244 e. The fourth-order valence-corrected chi connectivity index (χ4v) is 3.09. The molecule has 2 aromatic heterocycles. The molecule has 0 aliphatic rings. The highest BCUT2D eigenvalue weighted by Crippen LogP contribution is 2.25. The zero-order valence-corrected chi connectivity index (χ0v) is 16.2. The summed E-state index contributed by atoms with van der Waals surface area (Å²) in [6.45, 7) is 6.43. The lowest BCUT2D eigenvalue weighted by molar-refractivity contribution is 0.272. The molecule has 0 aliphatic carbocycles. The van der Waals surface area contributed by atoms with Crippen LogP contribution in [0.1, 0.15) is 38.3 Å². The first-order chi connectivity index (χ1) is 13.1. The van der Waals surface area contributed by atoms with Crippen LogP contribution >= 0.6 is 0 Å². The second kappa shape index (κ2) is 8.77. The quantitative estimate of drug-likeness (QED) is 0.648. The lowest BCUT2D eigenvalue weighted by atomic mass is 10.0. The maximum absolute atomic E-state index is 5.56. The number of ether oxygens (including phenoxy) is 1. The molecule has 0 amide bonds. The van der Waals surface area contributed by atoms with Crippen molar-refractivity contribution < 1.29 is 9.26 Å². The van der Waals surface area contributed by atoms with Gasteiger partial charge in [-0.15, -0.1) is 0 Å². The Morgan fingerprint density at radius 3 is 2.63 bits per heavy atom. The summed E-state index contributed by atoms with van der Waals surface area (Å²) in [5, 5.41) is 7.75. The van der Waals surface area contributed by atoms with Crippen LogP contribution in [0.15, 0.2) is 53.3 Å². The van der Waals surface area contributed by atoms with Crippen LogP contribution in [0.5, 0.6) is 5.75 Å². The number of para-hydroxylation sites is 1. The summed E-state index contributed by atoms with van der Waals surface area (Å²) in [5.41, 5.74) is 2.01. The molecule has 0 saturated carbocycles. The van der Waals surface area contributed by atoms with E-state index in [0.717, 1.165) is 17.7 Å². The Balaban J connectivity index is 1.73. The molecule has 6 heteroatoms. The molecular formula is C21H26N4O2. The predicted molar refractivity (Wildman–Crippen MR) is 104 cm³/mol. The minimum absolute atomic E-state index is 0.0346. The number of nitrogens with zero attached hydrogens (tertiary/aromatic N) is 3. The van der Waals surface area contributed by atoms with Gasteiger partial charge in [-0.1, -0.05) is 37.2 Å². The van der Waals surface area contributed by atoms with Crippen LogP contribution in [0.3, 0.4) is 0 Å². The number of pyridine rings is 1. The Labute approximate surface area is 160 Å². The van der Waals surface area contributed by atoms with Crippen molar-refractivity contribution in [3.8, 4) is 17.1 Å². The molecule has 27 heavy (non-hydrogen) atoms. The predicted octanol–water partition coefficient (Wildman–Crippen LogP) is 4.06. The van der Waals surface area contributed by atoms with Crippen molar-refractivity contribution in [3.05, 3.63) is 60.2 Å². The van der Waals surface area contributed by atoms with E-state index >= 15 is 0 Å². The van der Waals surface area contributed by atoms with Crippen LogP contribution in [0, 0.1) is 5.92 Å². The van der Waals surface area contributed by atoms with E-state index in [0.29, 0.717) is 17.6 Å². The third-order valence-corrected chi connectivity index (χ3v) is 4.48. The topological polar surface area (TPSA) is 73.1 Å². The molecule has 0 radical (unpaired) electrons. The third-order valence-electron chi connectivity index (χ3n) is 4.48. The van der Waals surface area contributed by atoms with E-state index in [9.17, 15) is 0 Å². The second-order valence-electron chi connectivity index (χ2n) is 7.00. The van der Waals surface area contributed by atoms with Crippen molar-refractivity contribution in [2.75, 3.05) is 7.11 Å². The first-order valence-corrected chi connectivity index (χ1v) is 9.20. The molecule has 0 saturated heterocycles. The number of aromatic nitrogens is 3. The van der Waals surface area contributed by atoms with Crippen LogP contribution < -0.4 is 10.1 Å². The molecule has 142 valence electrons. The van der Waals surface area contributed by atoms with E-state index in [-0.39, 0.29) is 12.1 Å². The maximum Gasteiger partial charge on any atom is 0.244 e. The van der Waals surface area contributed by atoms with Gasteiger partial charge in [0.1, 0.15) is 5.75 Å². The average molecular weight is 366 g/mol.